The number of rotatable bonds is 3. The third-order valence-corrected chi connectivity index (χ3v) is 4.98. The van der Waals surface area contributed by atoms with E-state index in [0.29, 0.717) is 25.1 Å². The van der Waals surface area contributed by atoms with Crippen molar-refractivity contribution in [3.63, 3.8) is 0 Å². The first-order valence-corrected chi connectivity index (χ1v) is 7.64. The third kappa shape index (κ3) is 3.29. The molecule has 0 aliphatic heterocycles. The molecule has 0 aliphatic carbocycles. The summed E-state index contributed by atoms with van der Waals surface area (Å²) in [6.45, 7) is 1.95. The van der Waals surface area contributed by atoms with Crippen molar-refractivity contribution in [2.75, 3.05) is 5.32 Å². The summed E-state index contributed by atoms with van der Waals surface area (Å²) < 4.78 is 0. The van der Waals surface area contributed by atoms with Gasteiger partial charge in [-0.05, 0) is 30.7 Å². The molecule has 0 fully saturated rings. The molecule has 1 nitrogen and oxygen atoms in total. The van der Waals surface area contributed by atoms with Gasteiger partial charge in [0.05, 0.1) is 36.8 Å². The summed E-state index contributed by atoms with van der Waals surface area (Å²) in [5.41, 5.74) is 1.56. The molecule has 0 amide bonds. The highest BCUT2D eigenvalue weighted by Crippen LogP contribution is 2.38. The summed E-state index contributed by atoms with van der Waals surface area (Å²) in [4.78, 5) is 0. The molecular weight excluding hydrogens is 359 g/mol. The van der Waals surface area contributed by atoms with Crippen LogP contribution in [-0.4, -0.2) is 0 Å². The molecule has 106 valence electrons. The molecule has 1 atom stereocenters. The molecule has 0 saturated carbocycles. The Morgan fingerprint density at radius 2 is 1.45 bits per heavy atom. The van der Waals surface area contributed by atoms with Gasteiger partial charge in [-0.15, -0.1) is 0 Å². The molecule has 0 spiro atoms. The molecule has 0 radical (unpaired) electrons. The first-order chi connectivity index (χ1) is 9.41. The fourth-order valence-corrected chi connectivity index (χ4v) is 2.86. The molecule has 0 aliphatic rings. The minimum Gasteiger partial charge on any atom is -0.377 e. The summed E-state index contributed by atoms with van der Waals surface area (Å²) in [5, 5.41) is 5.41. The summed E-state index contributed by atoms with van der Waals surface area (Å²) in [7, 11) is 0. The summed E-state index contributed by atoms with van der Waals surface area (Å²) in [6.07, 6.45) is 0. The van der Waals surface area contributed by atoms with Crippen LogP contribution in [-0.2, 0) is 0 Å². The zero-order chi connectivity index (χ0) is 14.9. The second-order valence-electron chi connectivity index (χ2n) is 4.23. The topological polar surface area (TPSA) is 12.0 Å². The Labute approximate surface area is 142 Å². The average Bonchev–Trinajstić information content (AvgIpc) is 2.41. The maximum Gasteiger partial charge on any atom is 0.0823 e. The fraction of sp³-hybridized carbons (Fsp3) is 0.143. The number of benzene rings is 2. The molecule has 2 rings (SSSR count). The molecular formula is C14H10Cl5N. The van der Waals surface area contributed by atoms with Crippen molar-refractivity contribution in [1.82, 2.24) is 0 Å². The zero-order valence-electron chi connectivity index (χ0n) is 10.4. The number of nitrogens with one attached hydrogen (secondary N) is 1. The normalized spacial score (nSPS) is 12.3. The molecule has 20 heavy (non-hydrogen) atoms. The van der Waals surface area contributed by atoms with E-state index in [4.69, 9.17) is 58.0 Å². The Morgan fingerprint density at radius 1 is 0.800 bits per heavy atom. The van der Waals surface area contributed by atoms with Crippen LogP contribution in [0.1, 0.15) is 18.5 Å². The van der Waals surface area contributed by atoms with Crippen LogP contribution in [0.2, 0.25) is 25.1 Å². The Kier molecular flexibility index (Phi) is 5.33. The van der Waals surface area contributed by atoms with Crippen molar-refractivity contribution in [1.29, 1.82) is 0 Å². The highest BCUT2D eigenvalue weighted by atomic mass is 35.5. The lowest BCUT2D eigenvalue weighted by Crippen LogP contribution is -2.08. The lowest BCUT2D eigenvalue weighted by atomic mass is 10.1. The van der Waals surface area contributed by atoms with Crippen LogP contribution in [0.4, 0.5) is 5.69 Å². The van der Waals surface area contributed by atoms with E-state index >= 15 is 0 Å². The monoisotopic (exact) mass is 367 g/mol. The van der Waals surface area contributed by atoms with Crippen LogP contribution in [0.5, 0.6) is 0 Å². The molecule has 2 aromatic rings. The quantitative estimate of drug-likeness (QED) is 0.568. The van der Waals surface area contributed by atoms with Gasteiger partial charge in [-0.25, -0.2) is 0 Å². The number of halogens is 5. The first kappa shape index (κ1) is 16.1. The van der Waals surface area contributed by atoms with Crippen molar-refractivity contribution >= 4 is 63.7 Å². The molecule has 0 aromatic heterocycles. The zero-order valence-corrected chi connectivity index (χ0v) is 14.1. The van der Waals surface area contributed by atoms with Gasteiger partial charge in [-0.1, -0.05) is 70.1 Å². The molecule has 0 saturated heterocycles. The number of hydrogen-bond donors (Lipinski definition) is 1. The minimum absolute atomic E-state index is 0.103. The summed E-state index contributed by atoms with van der Waals surface area (Å²) in [6, 6.07) is 8.82. The second-order valence-corrected chi connectivity index (χ2v) is 6.18. The van der Waals surface area contributed by atoms with Crippen LogP contribution in [0.3, 0.4) is 0 Å². The predicted octanol–water partition coefficient (Wildman–Crippen LogP) is 7.13. The first-order valence-electron chi connectivity index (χ1n) is 5.75. The maximum atomic E-state index is 6.22. The molecule has 0 heterocycles. The van der Waals surface area contributed by atoms with Crippen LogP contribution in [0.25, 0.3) is 0 Å². The highest BCUT2D eigenvalue weighted by molar-refractivity contribution is 6.48. The lowest BCUT2D eigenvalue weighted by Gasteiger charge is -2.19. The molecule has 6 heteroatoms. The van der Waals surface area contributed by atoms with Gasteiger partial charge < -0.3 is 5.32 Å². The fourth-order valence-electron chi connectivity index (χ4n) is 1.80. The highest BCUT2D eigenvalue weighted by Gasteiger charge is 2.15. The van der Waals surface area contributed by atoms with Gasteiger partial charge in [-0.3, -0.25) is 0 Å². The average molecular weight is 370 g/mol. The number of hydrogen-bond acceptors (Lipinski definition) is 1. The van der Waals surface area contributed by atoms with E-state index < -0.39 is 0 Å². The molecule has 1 N–H and O–H groups in total. The summed E-state index contributed by atoms with van der Waals surface area (Å²) in [5.74, 6) is 0. The van der Waals surface area contributed by atoms with Gasteiger partial charge in [0.25, 0.3) is 0 Å². The lowest BCUT2D eigenvalue weighted by molar-refractivity contribution is 0.885. The van der Waals surface area contributed by atoms with Crippen molar-refractivity contribution in [3.05, 3.63) is 61.0 Å². The minimum atomic E-state index is -0.103. The van der Waals surface area contributed by atoms with Crippen molar-refractivity contribution in [2.24, 2.45) is 0 Å². The van der Waals surface area contributed by atoms with Gasteiger partial charge in [-0.2, -0.15) is 0 Å². The van der Waals surface area contributed by atoms with Crippen molar-refractivity contribution in [2.45, 2.75) is 13.0 Å². The van der Waals surface area contributed by atoms with E-state index in [1.165, 1.54) is 0 Å². The van der Waals surface area contributed by atoms with Crippen LogP contribution < -0.4 is 5.32 Å². The largest absolute Gasteiger partial charge is 0.377 e. The van der Waals surface area contributed by atoms with Gasteiger partial charge in [0.2, 0.25) is 0 Å². The van der Waals surface area contributed by atoms with Gasteiger partial charge >= 0.3 is 0 Å². The standard InChI is InChI=1S/C14H10Cl5N/c1-7(8-5-6-10(16)14(19)12(8)17)20-11-4-2-3-9(15)13(11)18/h2-7,20H,1H3. The molecule has 0 bridgehead atoms. The van der Waals surface area contributed by atoms with E-state index in [9.17, 15) is 0 Å². The SMILES string of the molecule is CC(Nc1cccc(Cl)c1Cl)c1ccc(Cl)c(Cl)c1Cl. The molecule has 2 aromatic carbocycles. The van der Waals surface area contributed by atoms with Gasteiger partial charge in [0, 0.05) is 0 Å². The molecule has 1 unspecified atom stereocenters. The van der Waals surface area contributed by atoms with E-state index in [1.54, 1.807) is 12.1 Å². The Balaban J connectivity index is 2.31. The maximum absolute atomic E-state index is 6.22. The van der Waals surface area contributed by atoms with Crippen molar-refractivity contribution in [3.8, 4) is 0 Å². The third-order valence-electron chi connectivity index (χ3n) is 2.86. The van der Waals surface area contributed by atoms with Crippen LogP contribution in [0.15, 0.2) is 30.3 Å². The smallest absolute Gasteiger partial charge is 0.0823 e. The van der Waals surface area contributed by atoms with Crippen molar-refractivity contribution < 1.29 is 0 Å². The van der Waals surface area contributed by atoms with Crippen LogP contribution >= 0.6 is 58.0 Å². The van der Waals surface area contributed by atoms with E-state index in [-0.39, 0.29) is 6.04 Å². The Morgan fingerprint density at radius 3 is 2.15 bits per heavy atom. The van der Waals surface area contributed by atoms with Gasteiger partial charge in [0.15, 0.2) is 0 Å². The Hall–Kier alpha value is -0.310. The van der Waals surface area contributed by atoms with E-state index in [0.717, 1.165) is 11.3 Å². The van der Waals surface area contributed by atoms with Crippen LogP contribution in [0, 0.1) is 0 Å². The summed E-state index contributed by atoms with van der Waals surface area (Å²) >= 11 is 30.3. The van der Waals surface area contributed by atoms with E-state index in [2.05, 4.69) is 5.32 Å². The predicted molar refractivity (Wildman–Crippen MR) is 90.0 cm³/mol. The Bertz CT molecular complexity index is 642. The second kappa shape index (κ2) is 6.64. The van der Waals surface area contributed by atoms with Gasteiger partial charge in [0.1, 0.15) is 0 Å². The number of anilines is 1. The van der Waals surface area contributed by atoms with E-state index in [1.807, 2.05) is 25.1 Å².